The van der Waals surface area contributed by atoms with Crippen LogP contribution < -0.4 is 22.0 Å². The minimum atomic E-state index is -0.683. The first-order valence-corrected chi connectivity index (χ1v) is 8.32. The first-order chi connectivity index (χ1) is 12.5. The number of nitrogens with two attached hydrogens (primary N) is 1. The average Bonchev–Trinajstić information content (AvgIpc) is 3.06. The van der Waals surface area contributed by atoms with Crippen LogP contribution in [0.2, 0.25) is 0 Å². The summed E-state index contributed by atoms with van der Waals surface area (Å²) in [6.07, 6.45) is 0.0101. The van der Waals surface area contributed by atoms with Crippen LogP contribution in [-0.2, 0) is 17.8 Å². The smallest absolute Gasteiger partial charge is 0.238 e. The van der Waals surface area contributed by atoms with Crippen molar-refractivity contribution in [2.45, 2.75) is 25.2 Å². The molecule has 0 bridgehead atoms. The summed E-state index contributed by atoms with van der Waals surface area (Å²) in [7, 11) is 0. The zero-order valence-electron chi connectivity index (χ0n) is 14.1. The van der Waals surface area contributed by atoms with E-state index in [0.29, 0.717) is 13.0 Å². The Morgan fingerprint density at radius 1 is 1.19 bits per heavy atom. The fourth-order valence-electron chi connectivity index (χ4n) is 2.78. The summed E-state index contributed by atoms with van der Waals surface area (Å²) in [6.45, 7) is 0.353. The molecule has 1 heterocycles. The van der Waals surface area contributed by atoms with E-state index >= 15 is 0 Å². The summed E-state index contributed by atoms with van der Waals surface area (Å²) in [5, 5.41) is 4.36. The Hall–Kier alpha value is -2.39. The molecule has 8 heteroatoms. The Labute approximate surface area is 150 Å². The number of hydrazine groups is 2. The van der Waals surface area contributed by atoms with Crippen molar-refractivity contribution < 1.29 is 13.6 Å². The highest BCUT2D eigenvalue weighted by atomic mass is 19.1. The monoisotopic (exact) mass is 361 g/mol. The van der Waals surface area contributed by atoms with Gasteiger partial charge in [0.2, 0.25) is 5.91 Å². The van der Waals surface area contributed by atoms with Gasteiger partial charge < -0.3 is 11.1 Å². The maximum absolute atomic E-state index is 13.7. The SMILES string of the molecule is N[C@@H](Cc1ccccc1)C(=O)NC1CN(Cc2c(F)cccc2F)NN1. The van der Waals surface area contributed by atoms with Crippen LogP contribution >= 0.6 is 0 Å². The molecule has 1 saturated heterocycles. The van der Waals surface area contributed by atoms with Gasteiger partial charge in [-0.05, 0) is 24.1 Å². The number of halogens is 2. The molecule has 6 nitrogen and oxygen atoms in total. The van der Waals surface area contributed by atoms with Crippen molar-refractivity contribution in [2.24, 2.45) is 5.73 Å². The topological polar surface area (TPSA) is 82.4 Å². The highest BCUT2D eigenvalue weighted by molar-refractivity contribution is 5.82. The van der Waals surface area contributed by atoms with E-state index in [1.165, 1.54) is 18.2 Å². The van der Waals surface area contributed by atoms with Gasteiger partial charge in [0, 0.05) is 18.7 Å². The van der Waals surface area contributed by atoms with Crippen LogP contribution in [0.1, 0.15) is 11.1 Å². The molecule has 1 unspecified atom stereocenters. The first-order valence-electron chi connectivity index (χ1n) is 8.32. The standard InChI is InChI=1S/C18H21F2N5O/c19-14-7-4-8-15(20)13(14)10-25-11-17(23-24-25)22-18(26)16(21)9-12-5-2-1-3-6-12/h1-8,16-17,23-24H,9-11,21H2,(H,22,26)/t16-,17?/m0/s1. The van der Waals surface area contributed by atoms with Crippen LogP contribution in [0.3, 0.4) is 0 Å². The molecule has 1 aliphatic rings. The summed E-state index contributed by atoms with van der Waals surface area (Å²) < 4.78 is 27.4. The number of carbonyl (C=O) groups excluding carboxylic acids is 1. The molecule has 3 rings (SSSR count). The maximum atomic E-state index is 13.7. The van der Waals surface area contributed by atoms with Gasteiger partial charge in [-0.3, -0.25) is 4.79 Å². The number of benzene rings is 2. The van der Waals surface area contributed by atoms with Crippen molar-refractivity contribution >= 4 is 5.91 Å². The lowest BCUT2D eigenvalue weighted by Crippen LogP contribution is -2.51. The molecule has 0 spiro atoms. The van der Waals surface area contributed by atoms with Crippen LogP contribution in [0.5, 0.6) is 0 Å². The van der Waals surface area contributed by atoms with Crippen molar-refractivity contribution in [2.75, 3.05) is 6.54 Å². The predicted octanol–water partition coefficient (Wildman–Crippen LogP) is 0.802. The van der Waals surface area contributed by atoms with Crippen LogP contribution in [0.4, 0.5) is 8.78 Å². The van der Waals surface area contributed by atoms with E-state index < -0.39 is 23.8 Å². The number of amides is 1. The summed E-state index contributed by atoms with van der Waals surface area (Å²) in [4.78, 5) is 12.2. The van der Waals surface area contributed by atoms with Gasteiger partial charge in [-0.15, -0.1) is 0 Å². The minimum absolute atomic E-state index is 0.0218. The van der Waals surface area contributed by atoms with Gasteiger partial charge in [0.1, 0.15) is 17.8 Å². The van der Waals surface area contributed by atoms with Crippen molar-refractivity contribution in [3.63, 3.8) is 0 Å². The summed E-state index contributed by atoms with van der Waals surface area (Å²) >= 11 is 0. The second kappa shape index (κ2) is 8.33. The lowest BCUT2D eigenvalue weighted by atomic mass is 10.1. The Bertz CT molecular complexity index is 738. The van der Waals surface area contributed by atoms with Gasteiger partial charge in [-0.25, -0.2) is 19.2 Å². The number of carbonyl (C=O) groups is 1. The van der Waals surface area contributed by atoms with Gasteiger partial charge in [0.25, 0.3) is 0 Å². The Morgan fingerprint density at radius 2 is 1.88 bits per heavy atom. The van der Waals surface area contributed by atoms with Gasteiger partial charge in [0.05, 0.1) is 6.04 Å². The summed E-state index contributed by atoms with van der Waals surface area (Å²) in [6, 6.07) is 12.6. The molecule has 1 fully saturated rings. The third kappa shape index (κ3) is 4.61. The largest absolute Gasteiger partial charge is 0.337 e. The molecule has 138 valence electrons. The Morgan fingerprint density at radius 3 is 2.58 bits per heavy atom. The quantitative estimate of drug-likeness (QED) is 0.612. The lowest BCUT2D eigenvalue weighted by Gasteiger charge is -2.17. The molecule has 2 atom stereocenters. The third-order valence-electron chi connectivity index (χ3n) is 4.16. The molecule has 5 N–H and O–H groups in total. The normalized spacial score (nSPS) is 18.7. The molecule has 26 heavy (non-hydrogen) atoms. The van der Waals surface area contributed by atoms with E-state index in [1.807, 2.05) is 30.3 Å². The number of nitrogens with zero attached hydrogens (tertiary/aromatic N) is 1. The number of hydrogen-bond donors (Lipinski definition) is 4. The van der Waals surface area contributed by atoms with Gasteiger partial charge in [-0.2, -0.15) is 5.53 Å². The van der Waals surface area contributed by atoms with E-state index in [2.05, 4.69) is 16.3 Å². The predicted molar refractivity (Wildman–Crippen MR) is 93.1 cm³/mol. The average molecular weight is 361 g/mol. The zero-order chi connectivity index (χ0) is 18.5. The van der Waals surface area contributed by atoms with Crippen LogP contribution in [0, 0.1) is 11.6 Å². The van der Waals surface area contributed by atoms with E-state index in [4.69, 9.17) is 5.73 Å². The first kappa shape index (κ1) is 18.4. The Balaban J connectivity index is 1.50. The number of hydrogen-bond acceptors (Lipinski definition) is 5. The fourth-order valence-corrected chi connectivity index (χ4v) is 2.78. The molecule has 2 aromatic carbocycles. The molecular formula is C18H21F2N5O. The molecule has 1 aliphatic heterocycles. The van der Waals surface area contributed by atoms with E-state index in [-0.39, 0.29) is 18.0 Å². The number of nitrogens with one attached hydrogen (secondary N) is 3. The van der Waals surface area contributed by atoms with Crippen LogP contribution in [0.25, 0.3) is 0 Å². The third-order valence-corrected chi connectivity index (χ3v) is 4.16. The summed E-state index contributed by atoms with van der Waals surface area (Å²) in [5.74, 6) is -1.51. The summed E-state index contributed by atoms with van der Waals surface area (Å²) in [5.41, 5.74) is 12.6. The molecule has 0 radical (unpaired) electrons. The second-order valence-corrected chi connectivity index (χ2v) is 6.19. The number of rotatable bonds is 6. The molecule has 0 saturated carbocycles. The van der Waals surface area contributed by atoms with E-state index in [0.717, 1.165) is 5.56 Å². The highest BCUT2D eigenvalue weighted by Crippen LogP contribution is 2.14. The van der Waals surface area contributed by atoms with Crippen LogP contribution in [0.15, 0.2) is 48.5 Å². The highest BCUT2D eigenvalue weighted by Gasteiger charge is 2.26. The van der Waals surface area contributed by atoms with Gasteiger partial charge in [0.15, 0.2) is 0 Å². The molecule has 0 aliphatic carbocycles. The lowest BCUT2D eigenvalue weighted by molar-refractivity contribution is -0.123. The van der Waals surface area contributed by atoms with E-state index in [1.54, 1.807) is 5.01 Å². The Kier molecular flexibility index (Phi) is 5.89. The van der Waals surface area contributed by atoms with Crippen molar-refractivity contribution in [3.05, 3.63) is 71.3 Å². The molecule has 0 aromatic heterocycles. The van der Waals surface area contributed by atoms with Crippen molar-refractivity contribution in [3.8, 4) is 0 Å². The molecule has 2 aromatic rings. The molecular weight excluding hydrogens is 340 g/mol. The zero-order valence-corrected chi connectivity index (χ0v) is 14.1. The maximum Gasteiger partial charge on any atom is 0.238 e. The van der Waals surface area contributed by atoms with Gasteiger partial charge in [-0.1, -0.05) is 36.4 Å². The van der Waals surface area contributed by atoms with Crippen molar-refractivity contribution in [1.29, 1.82) is 0 Å². The van der Waals surface area contributed by atoms with Crippen LogP contribution in [-0.4, -0.2) is 29.7 Å². The van der Waals surface area contributed by atoms with E-state index in [9.17, 15) is 13.6 Å². The van der Waals surface area contributed by atoms with Gasteiger partial charge >= 0.3 is 0 Å². The second-order valence-electron chi connectivity index (χ2n) is 6.19. The van der Waals surface area contributed by atoms with Crippen molar-refractivity contribution in [1.82, 2.24) is 21.3 Å². The fraction of sp³-hybridized carbons (Fsp3) is 0.278. The minimum Gasteiger partial charge on any atom is -0.337 e. The molecule has 1 amide bonds.